The Morgan fingerprint density at radius 3 is 1.97 bits per heavy atom. The third-order valence-electron chi connectivity index (χ3n) is 4.51. The molecule has 7 nitrogen and oxygen atoms in total. The highest BCUT2D eigenvalue weighted by molar-refractivity contribution is 5.64. The Hall–Kier alpha value is -3.48. The van der Waals surface area contributed by atoms with Crippen molar-refractivity contribution < 1.29 is 18.9 Å². The number of ether oxygens (including phenoxy) is 4. The lowest BCUT2D eigenvalue weighted by Crippen LogP contribution is -2.07. The molecule has 0 aliphatic rings. The van der Waals surface area contributed by atoms with Crippen LogP contribution in [0.25, 0.3) is 11.3 Å². The number of anilines is 1. The molecule has 1 aromatic heterocycles. The summed E-state index contributed by atoms with van der Waals surface area (Å²) in [5.41, 5.74) is 2.81. The predicted molar refractivity (Wildman–Crippen MR) is 112 cm³/mol. The van der Waals surface area contributed by atoms with Gasteiger partial charge in [-0.25, -0.2) is 0 Å². The number of rotatable bonds is 9. The number of hydrogen-bond acceptors (Lipinski definition) is 7. The van der Waals surface area contributed by atoms with Crippen molar-refractivity contribution >= 4 is 5.82 Å². The summed E-state index contributed by atoms with van der Waals surface area (Å²) in [4.78, 5) is 0. The van der Waals surface area contributed by atoms with E-state index in [1.54, 1.807) is 28.4 Å². The first-order chi connectivity index (χ1) is 14.2. The Morgan fingerprint density at radius 2 is 1.34 bits per heavy atom. The third kappa shape index (κ3) is 4.87. The lowest BCUT2D eigenvalue weighted by atomic mass is 10.1. The molecule has 0 spiro atoms. The van der Waals surface area contributed by atoms with Crippen LogP contribution in [-0.2, 0) is 6.42 Å². The lowest BCUT2D eigenvalue weighted by Gasteiger charge is -2.11. The van der Waals surface area contributed by atoms with E-state index in [0.717, 1.165) is 47.1 Å². The maximum atomic E-state index is 5.35. The summed E-state index contributed by atoms with van der Waals surface area (Å²) >= 11 is 0. The monoisotopic (exact) mass is 395 g/mol. The second kappa shape index (κ2) is 9.64. The van der Waals surface area contributed by atoms with Crippen LogP contribution >= 0.6 is 0 Å². The van der Waals surface area contributed by atoms with E-state index in [2.05, 4.69) is 15.5 Å². The first-order valence-corrected chi connectivity index (χ1v) is 9.19. The van der Waals surface area contributed by atoms with E-state index in [9.17, 15) is 0 Å². The Bertz CT molecular complexity index is 945. The van der Waals surface area contributed by atoms with Crippen LogP contribution in [-0.4, -0.2) is 45.2 Å². The molecule has 0 radical (unpaired) electrons. The van der Waals surface area contributed by atoms with Crippen molar-refractivity contribution in [2.75, 3.05) is 40.3 Å². The largest absolute Gasteiger partial charge is 0.493 e. The zero-order valence-electron chi connectivity index (χ0n) is 17.1. The normalized spacial score (nSPS) is 10.3. The summed E-state index contributed by atoms with van der Waals surface area (Å²) in [5.74, 6) is 3.50. The van der Waals surface area contributed by atoms with Gasteiger partial charge in [0.15, 0.2) is 23.0 Å². The molecular formula is C22H25N3O4. The zero-order valence-corrected chi connectivity index (χ0v) is 17.1. The maximum absolute atomic E-state index is 5.35. The molecule has 0 saturated carbocycles. The molecule has 3 rings (SSSR count). The molecule has 0 aliphatic carbocycles. The fraction of sp³-hybridized carbons (Fsp3) is 0.273. The maximum Gasteiger partial charge on any atom is 0.161 e. The highest BCUT2D eigenvalue weighted by Crippen LogP contribution is 2.31. The quantitative estimate of drug-likeness (QED) is 0.590. The lowest BCUT2D eigenvalue weighted by molar-refractivity contribution is 0.354. The highest BCUT2D eigenvalue weighted by Gasteiger charge is 2.08. The molecule has 29 heavy (non-hydrogen) atoms. The molecule has 1 heterocycles. The van der Waals surface area contributed by atoms with Crippen LogP contribution in [0.3, 0.4) is 0 Å². The van der Waals surface area contributed by atoms with Crippen LogP contribution in [0, 0.1) is 0 Å². The average Bonchev–Trinajstić information content (AvgIpc) is 2.78. The number of benzene rings is 2. The van der Waals surface area contributed by atoms with Gasteiger partial charge in [-0.1, -0.05) is 6.07 Å². The standard InChI is InChI=1S/C22H25N3O4/c1-26-18-8-5-15(13-20(18)28-3)11-12-23-22-10-7-17(24-25-22)16-6-9-19(27-2)21(14-16)29-4/h5-10,13-14H,11-12H2,1-4H3,(H,23,25). The Kier molecular flexibility index (Phi) is 6.73. The summed E-state index contributed by atoms with van der Waals surface area (Å²) in [6, 6.07) is 15.4. The summed E-state index contributed by atoms with van der Waals surface area (Å²) in [6.07, 6.45) is 0.819. The second-order valence-corrected chi connectivity index (χ2v) is 6.24. The van der Waals surface area contributed by atoms with Gasteiger partial charge >= 0.3 is 0 Å². The van der Waals surface area contributed by atoms with Crippen molar-refractivity contribution in [3.05, 3.63) is 54.1 Å². The number of methoxy groups -OCH3 is 4. The molecule has 152 valence electrons. The fourth-order valence-corrected chi connectivity index (χ4v) is 2.95. The first-order valence-electron chi connectivity index (χ1n) is 9.19. The van der Waals surface area contributed by atoms with Crippen LogP contribution in [0.2, 0.25) is 0 Å². The van der Waals surface area contributed by atoms with E-state index < -0.39 is 0 Å². The van der Waals surface area contributed by atoms with E-state index >= 15 is 0 Å². The van der Waals surface area contributed by atoms with Crippen LogP contribution < -0.4 is 24.3 Å². The molecule has 0 bridgehead atoms. The van der Waals surface area contributed by atoms with Gasteiger partial charge in [-0.15, -0.1) is 10.2 Å². The van der Waals surface area contributed by atoms with E-state index in [4.69, 9.17) is 18.9 Å². The number of nitrogens with one attached hydrogen (secondary N) is 1. The van der Waals surface area contributed by atoms with Crippen molar-refractivity contribution in [1.82, 2.24) is 10.2 Å². The molecule has 0 amide bonds. The Labute approximate surface area is 170 Å². The van der Waals surface area contributed by atoms with Gasteiger partial charge in [0.25, 0.3) is 0 Å². The third-order valence-corrected chi connectivity index (χ3v) is 4.51. The van der Waals surface area contributed by atoms with Crippen LogP contribution in [0.1, 0.15) is 5.56 Å². The van der Waals surface area contributed by atoms with E-state index in [1.165, 1.54) is 0 Å². The number of hydrogen-bond donors (Lipinski definition) is 1. The van der Waals surface area contributed by atoms with Crippen molar-refractivity contribution in [3.8, 4) is 34.3 Å². The summed E-state index contributed by atoms with van der Waals surface area (Å²) in [7, 11) is 6.48. The number of aromatic nitrogens is 2. The molecule has 0 saturated heterocycles. The molecule has 0 fully saturated rings. The molecule has 1 N–H and O–H groups in total. The highest BCUT2D eigenvalue weighted by atomic mass is 16.5. The Morgan fingerprint density at radius 1 is 0.690 bits per heavy atom. The molecule has 3 aromatic rings. The van der Waals surface area contributed by atoms with Crippen LogP contribution in [0.15, 0.2) is 48.5 Å². The SMILES string of the molecule is COc1ccc(CCNc2ccc(-c3ccc(OC)c(OC)c3)nn2)cc1OC. The zero-order chi connectivity index (χ0) is 20.6. The Balaban J connectivity index is 1.61. The molecule has 0 aliphatic heterocycles. The minimum Gasteiger partial charge on any atom is -0.493 e. The van der Waals surface area contributed by atoms with E-state index in [0.29, 0.717) is 11.5 Å². The summed E-state index contributed by atoms with van der Waals surface area (Å²) in [6.45, 7) is 0.722. The van der Waals surface area contributed by atoms with Crippen molar-refractivity contribution in [2.45, 2.75) is 6.42 Å². The van der Waals surface area contributed by atoms with Gasteiger partial charge in [0.2, 0.25) is 0 Å². The summed E-state index contributed by atoms with van der Waals surface area (Å²) < 4.78 is 21.2. The van der Waals surface area contributed by atoms with E-state index in [-0.39, 0.29) is 0 Å². The van der Waals surface area contributed by atoms with Gasteiger partial charge < -0.3 is 24.3 Å². The minimum absolute atomic E-state index is 0.656. The van der Waals surface area contributed by atoms with Gasteiger partial charge in [-0.2, -0.15) is 0 Å². The topological polar surface area (TPSA) is 74.7 Å². The first kappa shape index (κ1) is 20.3. The number of nitrogens with zero attached hydrogens (tertiary/aromatic N) is 2. The van der Waals surface area contributed by atoms with E-state index in [1.807, 2.05) is 48.5 Å². The van der Waals surface area contributed by atoms with Crippen LogP contribution in [0.4, 0.5) is 5.82 Å². The van der Waals surface area contributed by atoms with Crippen LogP contribution in [0.5, 0.6) is 23.0 Å². The van der Waals surface area contributed by atoms with Gasteiger partial charge in [0.05, 0.1) is 34.1 Å². The van der Waals surface area contributed by atoms with Gasteiger partial charge in [0.1, 0.15) is 5.82 Å². The van der Waals surface area contributed by atoms with Crippen molar-refractivity contribution in [2.24, 2.45) is 0 Å². The van der Waals surface area contributed by atoms with Crippen molar-refractivity contribution in [3.63, 3.8) is 0 Å². The second-order valence-electron chi connectivity index (χ2n) is 6.24. The minimum atomic E-state index is 0.656. The molecule has 0 atom stereocenters. The predicted octanol–water partition coefficient (Wildman–Crippen LogP) is 3.83. The molecule has 7 heteroatoms. The fourth-order valence-electron chi connectivity index (χ4n) is 2.95. The van der Waals surface area contributed by atoms with Gasteiger partial charge in [0, 0.05) is 12.1 Å². The average molecular weight is 395 g/mol. The summed E-state index contributed by atoms with van der Waals surface area (Å²) in [5, 5.41) is 11.9. The molecule has 0 unspecified atom stereocenters. The van der Waals surface area contributed by atoms with Crippen molar-refractivity contribution in [1.29, 1.82) is 0 Å². The molecule has 2 aromatic carbocycles. The van der Waals surface area contributed by atoms with Gasteiger partial charge in [-0.3, -0.25) is 0 Å². The van der Waals surface area contributed by atoms with Gasteiger partial charge in [-0.05, 0) is 54.4 Å². The smallest absolute Gasteiger partial charge is 0.161 e. The molecular weight excluding hydrogens is 370 g/mol.